The van der Waals surface area contributed by atoms with Crippen molar-refractivity contribution >= 4 is 6.47 Å². The Labute approximate surface area is 99.4 Å². The smallest absolute Gasteiger partial charge is 0.290 e. The lowest BCUT2D eigenvalue weighted by molar-refractivity contribution is -0.122. The minimum Gasteiger partial charge on any atom is -0.483 e. The maximum atomic E-state index is 8.36. The van der Waals surface area contributed by atoms with E-state index >= 15 is 0 Å². The topological polar surface area (TPSA) is 89.3 Å². The largest absolute Gasteiger partial charge is 0.483 e. The molecule has 1 fully saturated rings. The van der Waals surface area contributed by atoms with Crippen LogP contribution in [0.1, 0.15) is 52.9 Å². The average molecular weight is 232 g/mol. The van der Waals surface area contributed by atoms with E-state index in [1.807, 2.05) is 20.8 Å². The molecular formula is C12H28N2O2. The van der Waals surface area contributed by atoms with Crippen LogP contribution in [0.5, 0.6) is 0 Å². The molecule has 1 rings (SSSR count). The van der Waals surface area contributed by atoms with Gasteiger partial charge in [0.2, 0.25) is 0 Å². The van der Waals surface area contributed by atoms with E-state index in [2.05, 4.69) is 0 Å². The summed E-state index contributed by atoms with van der Waals surface area (Å²) in [4.78, 5) is 8.36. The summed E-state index contributed by atoms with van der Waals surface area (Å²) >= 11 is 0. The summed E-state index contributed by atoms with van der Waals surface area (Å²) in [6.07, 6.45) is 6.68. The maximum Gasteiger partial charge on any atom is 0.290 e. The molecule has 2 unspecified atom stereocenters. The normalized spacial score (nSPS) is 19.3. The van der Waals surface area contributed by atoms with Crippen LogP contribution in [0.4, 0.5) is 0 Å². The summed E-state index contributed by atoms with van der Waals surface area (Å²) in [6, 6.07) is 0.397. The van der Waals surface area contributed by atoms with Gasteiger partial charge in [0, 0.05) is 12.1 Å². The van der Waals surface area contributed by atoms with E-state index in [1.165, 1.54) is 32.1 Å². The first-order chi connectivity index (χ1) is 7.63. The number of nitrogens with two attached hydrogens (primary N) is 2. The first-order valence-corrected chi connectivity index (χ1v) is 6.22. The highest BCUT2D eigenvalue weighted by atomic mass is 16.3. The van der Waals surface area contributed by atoms with Gasteiger partial charge < -0.3 is 16.6 Å². The maximum absolute atomic E-state index is 8.36. The molecule has 0 aromatic heterocycles. The Kier molecular flexibility index (Phi) is 13.8. The Morgan fingerprint density at radius 2 is 1.56 bits per heavy atom. The summed E-state index contributed by atoms with van der Waals surface area (Å²) in [5.74, 6) is 0.698. The van der Waals surface area contributed by atoms with Gasteiger partial charge in [-0.25, -0.2) is 0 Å². The molecule has 0 bridgehead atoms. The minimum atomic E-state index is -0.250. The average Bonchev–Trinajstić information content (AvgIpc) is 2.33. The number of rotatable bonds is 2. The predicted octanol–water partition coefficient (Wildman–Crippen LogP) is 1.97. The van der Waals surface area contributed by atoms with Crippen molar-refractivity contribution in [1.82, 2.24) is 0 Å². The first-order valence-electron chi connectivity index (χ1n) is 6.22. The molecule has 2 atom stereocenters. The van der Waals surface area contributed by atoms with E-state index in [0.717, 1.165) is 0 Å². The molecule has 98 valence electrons. The molecular weight excluding hydrogens is 204 g/mol. The van der Waals surface area contributed by atoms with E-state index in [9.17, 15) is 0 Å². The Morgan fingerprint density at radius 1 is 1.19 bits per heavy atom. The third-order valence-electron chi connectivity index (χ3n) is 2.80. The SMILES string of the molecule is CC.CC(N)C(N)C1CCCCC1.O=CO. The number of hydrogen-bond acceptors (Lipinski definition) is 3. The standard InChI is InChI=1S/C9H20N2.C2H6.CH2O2/c1-7(10)9(11)8-5-3-2-4-6-8;1-2;2-1-3/h7-9H,2-6,10-11H2,1H3;1-2H3;1H,(H,2,3). The summed E-state index contributed by atoms with van der Waals surface area (Å²) < 4.78 is 0. The molecule has 0 aromatic rings. The van der Waals surface area contributed by atoms with Gasteiger partial charge in [-0.15, -0.1) is 0 Å². The van der Waals surface area contributed by atoms with Crippen LogP contribution < -0.4 is 11.5 Å². The molecule has 4 nitrogen and oxygen atoms in total. The predicted molar refractivity (Wildman–Crippen MR) is 68.2 cm³/mol. The zero-order valence-corrected chi connectivity index (χ0v) is 10.9. The lowest BCUT2D eigenvalue weighted by atomic mass is 9.82. The third kappa shape index (κ3) is 8.68. The molecule has 4 heteroatoms. The lowest BCUT2D eigenvalue weighted by Gasteiger charge is -2.29. The van der Waals surface area contributed by atoms with Gasteiger partial charge in [0.1, 0.15) is 0 Å². The van der Waals surface area contributed by atoms with Crippen molar-refractivity contribution in [2.75, 3.05) is 0 Å². The third-order valence-corrected chi connectivity index (χ3v) is 2.80. The monoisotopic (exact) mass is 232 g/mol. The van der Waals surface area contributed by atoms with Crippen LogP contribution in [0, 0.1) is 5.92 Å². The summed E-state index contributed by atoms with van der Waals surface area (Å²) in [7, 11) is 0. The summed E-state index contributed by atoms with van der Waals surface area (Å²) in [5, 5.41) is 6.89. The van der Waals surface area contributed by atoms with Gasteiger partial charge in [-0.3, -0.25) is 4.79 Å². The van der Waals surface area contributed by atoms with Gasteiger partial charge in [0.25, 0.3) is 6.47 Å². The van der Waals surface area contributed by atoms with Crippen molar-refractivity contribution in [3.63, 3.8) is 0 Å². The molecule has 0 heterocycles. The second-order valence-electron chi connectivity index (χ2n) is 3.94. The Hall–Kier alpha value is -0.610. The van der Waals surface area contributed by atoms with Crippen LogP contribution in [-0.2, 0) is 4.79 Å². The Morgan fingerprint density at radius 3 is 1.88 bits per heavy atom. The van der Waals surface area contributed by atoms with E-state index in [1.54, 1.807) is 0 Å². The zero-order chi connectivity index (χ0) is 13.0. The van der Waals surface area contributed by atoms with E-state index < -0.39 is 0 Å². The Bertz CT molecular complexity index is 146. The molecule has 1 saturated carbocycles. The highest BCUT2D eigenvalue weighted by Crippen LogP contribution is 2.26. The van der Waals surface area contributed by atoms with Crippen LogP contribution in [0.25, 0.3) is 0 Å². The molecule has 0 amide bonds. The summed E-state index contributed by atoms with van der Waals surface area (Å²) in [5.41, 5.74) is 11.7. The fraction of sp³-hybridized carbons (Fsp3) is 0.917. The molecule has 0 aliphatic heterocycles. The molecule has 16 heavy (non-hydrogen) atoms. The van der Waals surface area contributed by atoms with Crippen LogP contribution >= 0.6 is 0 Å². The van der Waals surface area contributed by atoms with Crippen molar-refractivity contribution in [3.8, 4) is 0 Å². The highest BCUT2D eigenvalue weighted by molar-refractivity contribution is 5.32. The van der Waals surface area contributed by atoms with E-state index in [0.29, 0.717) is 5.92 Å². The molecule has 1 aliphatic rings. The van der Waals surface area contributed by atoms with Crippen molar-refractivity contribution in [1.29, 1.82) is 0 Å². The quantitative estimate of drug-likeness (QED) is 0.635. The van der Waals surface area contributed by atoms with Crippen LogP contribution in [-0.4, -0.2) is 23.7 Å². The van der Waals surface area contributed by atoms with Crippen molar-refractivity contribution in [3.05, 3.63) is 0 Å². The number of carbonyl (C=O) groups is 1. The Balaban J connectivity index is 0. The van der Waals surface area contributed by atoms with Crippen molar-refractivity contribution in [2.45, 2.75) is 65.0 Å². The van der Waals surface area contributed by atoms with Crippen molar-refractivity contribution in [2.24, 2.45) is 17.4 Å². The highest BCUT2D eigenvalue weighted by Gasteiger charge is 2.22. The summed E-state index contributed by atoms with van der Waals surface area (Å²) in [6.45, 7) is 5.76. The first kappa shape index (κ1) is 17.8. The zero-order valence-electron chi connectivity index (χ0n) is 10.9. The van der Waals surface area contributed by atoms with Crippen LogP contribution in [0.15, 0.2) is 0 Å². The molecule has 1 aliphatic carbocycles. The molecule has 0 spiro atoms. The molecule has 0 saturated heterocycles. The van der Waals surface area contributed by atoms with E-state index in [4.69, 9.17) is 21.4 Å². The fourth-order valence-electron chi connectivity index (χ4n) is 1.95. The molecule has 0 radical (unpaired) electrons. The fourth-order valence-corrected chi connectivity index (χ4v) is 1.95. The minimum absolute atomic E-state index is 0.165. The number of hydrogen-bond donors (Lipinski definition) is 3. The second-order valence-corrected chi connectivity index (χ2v) is 3.94. The van der Waals surface area contributed by atoms with Gasteiger partial charge in [0.05, 0.1) is 0 Å². The molecule has 5 N–H and O–H groups in total. The van der Waals surface area contributed by atoms with Gasteiger partial charge in [-0.05, 0) is 25.7 Å². The lowest BCUT2D eigenvalue weighted by Crippen LogP contribution is -2.45. The second kappa shape index (κ2) is 12.5. The van der Waals surface area contributed by atoms with E-state index in [-0.39, 0.29) is 18.6 Å². The van der Waals surface area contributed by atoms with Crippen LogP contribution in [0.3, 0.4) is 0 Å². The van der Waals surface area contributed by atoms with Crippen molar-refractivity contribution < 1.29 is 9.90 Å². The van der Waals surface area contributed by atoms with Crippen LogP contribution in [0.2, 0.25) is 0 Å². The van der Waals surface area contributed by atoms with Gasteiger partial charge in [-0.2, -0.15) is 0 Å². The van der Waals surface area contributed by atoms with Gasteiger partial charge in [0.15, 0.2) is 0 Å². The molecule has 0 aromatic carbocycles. The van der Waals surface area contributed by atoms with Gasteiger partial charge in [-0.1, -0.05) is 33.1 Å². The number of carboxylic acid groups (broad SMARTS) is 1. The van der Waals surface area contributed by atoms with Gasteiger partial charge >= 0.3 is 0 Å².